The molecule has 1 aliphatic rings. The Morgan fingerprint density at radius 2 is 1.80 bits per heavy atom. The van der Waals surface area contributed by atoms with Crippen molar-refractivity contribution in [1.82, 2.24) is 0 Å². The van der Waals surface area contributed by atoms with Crippen LogP contribution in [0.5, 0.6) is 17.2 Å². The number of benzene rings is 3. The van der Waals surface area contributed by atoms with Crippen LogP contribution in [-0.2, 0) is 14.6 Å². The maximum Gasteiger partial charge on any atom is 0.304 e. The minimum Gasteiger partial charge on any atom is -0.494 e. The van der Waals surface area contributed by atoms with E-state index >= 15 is 0 Å². The summed E-state index contributed by atoms with van der Waals surface area (Å²) in [6.07, 6.45) is 1.29. The van der Waals surface area contributed by atoms with Gasteiger partial charge in [0.05, 0.1) is 24.7 Å². The zero-order valence-electron chi connectivity index (χ0n) is 24.1. The van der Waals surface area contributed by atoms with Gasteiger partial charge in [-0.2, -0.15) is 0 Å². The number of fused-ring (bicyclic) bond motifs is 1. The number of aryl methyl sites for hydroxylation is 3. The second-order valence-electron chi connectivity index (χ2n) is 10.6. The molecule has 41 heavy (non-hydrogen) atoms. The lowest BCUT2D eigenvalue weighted by molar-refractivity contribution is -0.137. The third kappa shape index (κ3) is 7.83. The highest BCUT2D eigenvalue weighted by Gasteiger charge is 2.25. The Morgan fingerprint density at radius 3 is 2.46 bits per heavy atom. The van der Waals surface area contributed by atoms with Gasteiger partial charge in [-0.15, -0.1) is 5.92 Å². The van der Waals surface area contributed by atoms with Crippen LogP contribution in [0, 0.1) is 32.6 Å². The van der Waals surface area contributed by atoms with Gasteiger partial charge in [0.15, 0.2) is 17.6 Å². The van der Waals surface area contributed by atoms with Gasteiger partial charge in [0, 0.05) is 6.26 Å². The van der Waals surface area contributed by atoms with Crippen LogP contribution in [0.4, 0.5) is 0 Å². The smallest absolute Gasteiger partial charge is 0.304 e. The third-order valence-electron chi connectivity index (χ3n) is 6.92. The van der Waals surface area contributed by atoms with E-state index in [4.69, 9.17) is 14.2 Å². The van der Waals surface area contributed by atoms with E-state index in [9.17, 15) is 18.3 Å². The van der Waals surface area contributed by atoms with Crippen LogP contribution >= 0.6 is 0 Å². The Bertz CT molecular complexity index is 1590. The normalized spacial score (nSPS) is 15.0. The summed E-state index contributed by atoms with van der Waals surface area (Å²) >= 11 is 0. The number of carboxylic acids is 1. The van der Waals surface area contributed by atoms with Crippen LogP contribution < -0.4 is 14.2 Å². The van der Waals surface area contributed by atoms with Crippen LogP contribution in [0.2, 0.25) is 0 Å². The van der Waals surface area contributed by atoms with Crippen molar-refractivity contribution in [3.63, 3.8) is 0 Å². The van der Waals surface area contributed by atoms with Crippen molar-refractivity contribution in [2.45, 2.75) is 52.6 Å². The molecular weight excluding hydrogens is 540 g/mol. The molecule has 1 aliphatic heterocycles. The maximum absolute atomic E-state index is 11.4. The highest BCUT2D eigenvalue weighted by Crippen LogP contribution is 2.40. The quantitative estimate of drug-likeness (QED) is 0.227. The van der Waals surface area contributed by atoms with E-state index in [1.807, 2.05) is 44.2 Å². The highest BCUT2D eigenvalue weighted by atomic mass is 32.2. The van der Waals surface area contributed by atoms with E-state index in [-0.39, 0.29) is 18.3 Å². The van der Waals surface area contributed by atoms with Crippen molar-refractivity contribution < 1.29 is 32.5 Å². The number of aliphatic carboxylic acids is 1. The van der Waals surface area contributed by atoms with Gasteiger partial charge >= 0.3 is 5.97 Å². The van der Waals surface area contributed by atoms with Crippen molar-refractivity contribution in [2.75, 3.05) is 25.2 Å². The van der Waals surface area contributed by atoms with Gasteiger partial charge in [0.1, 0.15) is 22.2 Å². The Hall–Kier alpha value is -3.96. The van der Waals surface area contributed by atoms with Gasteiger partial charge in [-0.05, 0) is 97.8 Å². The number of rotatable bonds is 10. The highest BCUT2D eigenvalue weighted by molar-refractivity contribution is 7.90. The minimum absolute atomic E-state index is 0.0791. The Morgan fingerprint density at radius 1 is 1.07 bits per heavy atom. The summed E-state index contributed by atoms with van der Waals surface area (Å²) in [5.41, 5.74) is 7.18. The standard InChI is InChI=1S/C33H36O7S/c1-6-8-24(19-32(34)35)25-9-10-29-30(18-25)39-20-31(40-29)26-13-21(2)14-27(17-26)33-22(3)15-28(16-23(33)4)38-11-7-12-41(5,36)37/h9-10,13-18,24,31H,7,11-12,19-20H2,1-5H3,(H,34,35)/t24?,31-/m0/s1. The predicted molar refractivity (Wildman–Crippen MR) is 160 cm³/mol. The fourth-order valence-electron chi connectivity index (χ4n) is 5.19. The summed E-state index contributed by atoms with van der Waals surface area (Å²) in [4.78, 5) is 11.3. The largest absolute Gasteiger partial charge is 0.494 e. The van der Waals surface area contributed by atoms with E-state index in [0.717, 1.165) is 44.7 Å². The van der Waals surface area contributed by atoms with Crippen molar-refractivity contribution in [2.24, 2.45) is 0 Å². The summed E-state index contributed by atoms with van der Waals surface area (Å²) in [7, 11) is -3.01. The van der Waals surface area contributed by atoms with Crippen LogP contribution in [0.3, 0.4) is 0 Å². The Labute approximate surface area is 242 Å². The third-order valence-corrected chi connectivity index (χ3v) is 7.95. The summed E-state index contributed by atoms with van der Waals surface area (Å²) < 4.78 is 41.1. The van der Waals surface area contributed by atoms with E-state index in [2.05, 4.69) is 37.0 Å². The molecule has 0 aliphatic carbocycles. The molecule has 0 bridgehead atoms. The molecule has 1 heterocycles. The Balaban J connectivity index is 1.54. The number of sulfone groups is 1. The summed E-state index contributed by atoms with van der Waals surface area (Å²) in [6, 6.07) is 15.8. The number of hydrogen-bond donors (Lipinski definition) is 1. The van der Waals surface area contributed by atoms with Crippen LogP contribution in [-0.4, -0.2) is 44.7 Å². The van der Waals surface area contributed by atoms with Crippen molar-refractivity contribution >= 4 is 15.8 Å². The van der Waals surface area contributed by atoms with Gasteiger partial charge in [0.2, 0.25) is 0 Å². The fourth-order valence-corrected chi connectivity index (χ4v) is 5.83. The van der Waals surface area contributed by atoms with Crippen LogP contribution in [0.1, 0.15) is 59.6 Å². The number of hydrogen-bond acceptors (Lipinski definition) is 6. The van der Waals surface area contributed by atoms with Gasteiger partial charge in [-0.25, -0.2) is 8.42 Å². The molecule has 8 heteroatoms. The molecule has 0 saturated carbocycles. The predicted octanol–water partition coefficient (Wildman–Crippen LogP) is 6.19. The lowest BCUT2D eigenvalue weighted by atomic mass is 9.91. The molecule has 0 spiro atoms. The van der Waals surface area contributed by atoms with E-state index in [1.54, 1.807) is 6.92 Å². The summed E-state index contributed by atoms with van der Waals surface area (Å²) in [5, 5.41) is 9.27. The molecule has 3 aromatic carbocycles. The molecule has 0 fully saturated rings. The molecule has 7 nitrogen and oxygen atoms in total. The average molecular weight is 577 g/mol. The SMILES string of the molecule is CC#CC(CC(=O)O)c1ccc2c(c1)OC[C@@H](c1cc(C)cc(-c3c(C)cc(OCCCS(C)(=O)=O)cc3C)c1)O2. The van der Waals surface area contributed by atoms with Crippen molar-refractivity contribution in [3.05, 3.63) is 76.3 Å². The van der Waals surface area contributed by atoms with Gasteiger partial charge in [0.25, 0.3) is 0 Å². The Kier molecular flexibility index (Phi) is 9.29. The number of carbonyl (C=O) groups is 1. The van der Waals surface area contributed by atoms with Crippen molar-refractivity contribution in [1.29, 1.82) is 0 Å². The molecule has 1 unspecified atom stereocenters. The van der Waals surface area contributed by atoms with Crippen LogP contribution in [0.15, 0.2) is 48.5 Å². The van der Waals surface area contributed by atoms with Gasteiger partial charge in [-0.3, -0.25) is 4.79 Å². The molecular formula is C33H36O7S. The molecule has 0 amide bonds. The molecule has 216 valence electrons. The summed E-state index contributed by atoms with van der Waals surface area (Å²) in [5.74, 6) is 6.49. The molecule has 2 atom stereocenters. The average Bonchev–Trinajstić information content (AvgIpc) is 2.89. The zero-order chi connectivity index (χ0) is 29.7. The van der Waals surface area contributed by atoms with Crippen molar-refractivity contribution in [3.8, 4) is 40.2 Å². The first-order chi connectivity index (χ1) is 19.4. The number of ether oxygens (including phenoxy) is 3. The topological polar surface area (TPSA) is 99.1 Å². The lowest BCUT2D eigenvalue weighted by Gasteiger charge is -2.28. The van der Waals surface area contributed by atoms with E-state index in [1.165, 1.54) is 6.26 Å². The molecule has 1 N–H and O–H groups in total. The zero-order valence-corrected chi connectivity index (χ0v) is 24.9. The first-order valence-corrected chi connectivity index (χ1v) is 15.6. The summed E-state index contributed by atoms with van der Waals surface area (Å²) in [6.45, 7) is 8.50. The molecule has 0 aromatic heterocycles. The minimum atomic E-state index is -3.01. The molecule has 0 saturated heterocycles. The second kappa shape index (κ2) is 12.7. The molecule has 0 radical (unpaired) electrons. The first-order valence-electron chi connectivity index (χ1n) is 13.5. The van der Waals surface area contributed by atoms with E-state index < -0.39 is 21.7 Å². The lowest BCUT2D eigenvalue weighted by Crippen LogP contribution is -2.22. The molecule has 3 aromatic rings. The van der Waals surface area contributed by atoms with Gasteiger partial charge in [-0.1, -0.05) is 29.7 Å². The fraction of sp³-hybridized carbons (Fsp3) is 0.364. The first kappa shape index (κ1) is 30.0. The molecule has 4 rings (SSSR count). The number of carboxylic acid groups (broad SMARTS) is 1. The van der Waals surface area contributed by atoms with Gasteiger partial charge < -0.3 is 19.3 Å². The van der Waals surface area contributed by atoms with Crippen LogP contribution in [0.25, 0.3) is 11.1 Å². The monoisotopic (exact) mass is 576 g/mol. The second-order valence-corrected chi connectivity index (χ2v) is 12.8. The van der Waals surface area contributed by atoms with E-state index in [0.29, 0.717) is 31.1 Å². The maximum atomic E-state index is 11.4.